The Labute approximate surface area is 84.9 Å². The number of pyridine rings is 1. The van der Waals surface area contributed by atoms with Gasteiger partial charge in [-0.2, -0.15) is 5.10 Å². The van der Waals surface area contributed by atoms with Crippen molar-refractivity contribution in [2.24, 2.45) is 0 Å². The van der Waals surface area contributed by atoms with E-state index in [1.54, 1.807) is 35.3 Å². The molecule has 5 heteroatoms. The summed E-state index contributed by atoms with van der Waals surface area (Å²) in [6.07, 6.45) is 3.23. The van der Waals surface area contributed by atoms with Crippen molar-refractivity contribution in [2.45, 2.75) is 0 Å². The van der Waals surface area contributed by atoms with Gasteiger partial charge in [0.1, 0.15) is 10.3 Å². The largest absolute Gasteiger partial charge is 0.242 e. The lowest BCUT2D eigenvalue weighted by Gasteiger charge is -2.01. The third-order valence-electron chi connectivity index (χ3n) is 1.55. The molecule has 0 bridgehead atoms. The van der Waals surface area contributed by atoms with Gasteiger partial charge in [0.25, 0.3) is 0 Å². The van der Waals surface area contributed by atoms with Crippen molar-refractivity contribution in [3.8, 4) is 5.69 Å². The molecule has 0 spiro atoms. The first-order valence-corrected chi connectivity index (χ1v) is 4.34. The third kappa shape index (κ3) is 1.66. The van der Waals surface area contributed by atoms with Crippen LogP contribution in [0.1, 0.15) is 0 Å². The van der Waals surface area contributed by atoms with E-state index in [-0.39, 0.29) is 0 Å². The van der Waals surface area contributed by atoms with Gasteiger partial charge in [0.2, 0.25) is 0 Å². The molecular weight excluding hydrogens is 209 g/mol. The van der Waals surface area contributed by atoms with E-state index in [4.69, 9.17) is 23.2 Å². The SMILES string of the molecule is Clc1ccc(-n2nccc2Cl)cn1. The number of nitrogens with zero attached hydrogens (tertiary/aromatic N) is 3. The van der Waals surface area contributed by atoms with Gasteiger partial charge in [-0.1, -0.05) is 23.2 Å². The van der Waals surface area contributed by atoms with Gasteiger partial charge in [0.15, 0.2) is 0 Å². The van der Waals surface area contributed by atoms with E-state index in [2.05, 4.69) is 10.1 Å². The maximum atomic E-state index is 5.85. The van der Waals surface area contributed by atoms with Crippen LogP contribution in [0.15, 0.2) is 30.6 Å². The minimum atomic E-state index is 0.451. The van der Waals surface area contributed by atoms with Crippen LogP contribution in [0.25, 0.3) is 5.69 Å². The maximum absolute atomic E-state index is 5.85. The van der Waals surface area contributed by atoms with Gasteiger partial charge >= 0.3 is 0 Å². The molecule has 0 aromatic carbocycles. The van der Waals surface area contributed by atoms with Crippen LogP contribution >= 0.6 is 23.2 Å². The third-order valence-corrected chi connectivity index (χ3v) is 2.06. The lowest BCUT2D eigenvalue weighted by atomic mass is 10.4. The zero-order valence-corrected chi connectivity index (χ0v) is 8.00. The Hall–Kier alpha value is -1.06. The Balaban J connectivity index is 2.47. The minimum Gasteiger partial charge on any atom is -0.242 e. The molecule has 2 rings (SSSR count). The molecule has 2 aromatic rings. The van der Waals surface area contributed by atoms with Gasteiger partial charge in [0.05, 0.1) is 18.1 Å². The van der Waals surface area contributed by atoms with Crippen molar-refractivity contribution in [3.05, 3.63) is 40.9 Å². The lowest BCUT2D eigenvalue weighted by Crippen LogP contribution is -1.96. The summed E-state index contributed by atoms with van der Waals surface area (Å²) in [5, 5.41) is 5.01. The van der Waals surface area contributed by atoms with E-state index in [1.165, 1.54) is 0 Å². The highest BCUT2D eigenvalue weighted by molar-refractivity contribution is 6.30. The topological polar surface area (TPSA) is 30.7 Å². The van der Waals surface area contributed by atoms with Crippen LogP contribution in [0.4, 0.5) is 0 Å². The first-order valence-electron chi connectivity index (χ1n) is 3.59. The van der Waals surface area contributed by atoms with Crippen LogP contribution in [0.2, 0.25) is 10.3 Å². The quantitative estimate of drug-likeness (QED) is 0.683. The highest BCUT2D eigenvalue weighted by atomic mass is 35.5. The predicted octanol–water partition coefficient (Wildman–Crippen LogP) is 2.57. The summed E-state index contributed by atoms with van der Waals surface area (Å²) in [4.78, 5) is 3.92. The Morgan fingerprint density at radius 1 is 1.15 bits per heavy atom. The van der Waals surface area contributed by atoms with Gasteiger partial charge < -0.3 is 0 Å². The average molecular weight is 214 g/mol. The van der Waals surface area contributed by atoms with Crippen molar-refractivity contribution in [1.29, 1.82) is 0 Å². The molecule has 0 radical (unpaired) electrons. The van der Waals surface area contributed by atoms with Crippen LogP contribution in [0, 0.1) is 0 Å². The fourth-order valence-electron chi connectivity index (χ4n) is 0.971. The van der Waals surface area contributed by atoms with E-state index in [9.17, 15) is 0 Å². The highest BCUT2D eigenvalue weighted by Crippen LogP contribution is 2.14. The monoisotopic (exact) mass is 213 g/mol. The van der Waals surface area contributed by atoms with Crippen LogP contribution in [0.5, 0.6) is 0 Å². The van der Waals surface area contributed by atoms with Gasteiger partial charge in [-0.15, -0.1) is 0 Å². The summed E-state index contributed by atoms with van der Waals surface area (Å²) < 4.78 is 1.57. The standard InChI is InChI=1S/C8H5Cl2N3/c9-7-2-1-6(5-11-7)13-8(10)3-4-12-13/h1-5H. The molecule has 0 N–H and O–H groups in total. The molecule has 0 fully saturated rings. The van der Waals surface area contributed by atoms with Crippen LogP contribution in [0.3, 0.4) is 0 Å². The second-order valence-corrected chi connectivity index (χ2v) is 3.18. The molecular formula is C8H5Cl2N3. The Bertz CT molecular complexity index is 408. The summed E-state index contributed by atoms with van der Waals surface area (Å²) in [5.74, 6) is 0. The Morgan fingerprint density at radius 3 is 2.54 bits per heavy atom. The highest BCUT2D eigenvalue weighted by Gasteiger charge is 2.01. The van der Waals surface area contributed by atoms with Crippen molar-refractivity contribution < 1.29 is 0 Å². The molecule has 3 nitrogen and oxygen atoms in total. The zero-order valence-electron chi connectivity index (χ0n) is 6.48. The number of aromatic nitrogens is 3. The molecule has 0 atom stereocenters. The number of hydrogen-bond donors (Lipinski definition) is 0. The van der Waals surface area contributed by atoms with Gasteiger partial charge in [-0.25, -0.2) is 9.67 Å². The first-order chi connectivity index (χ1) is 6.27. The average Bonchev–Trinajstić information content (AvgIpc) is 2.53. The van der Waals surface area contributed by atoms with Gasteiger partial charge in [0, 0.05) is 0 Å². The summed E-state index contributed by atoms with van der Waals surface area (Å²) in [7, 11) is 0. The second kappa shape index (κ2) is 3.36. The molecule has 0 saturated heterocycles. The molecule has 2 aromatic heterocycles. The van der Waals surface area contributed by atoms with Crippen molar-refractivity contribution >= 4 is 23.2 Å². The fourth-order valence-corrected chi connectivity index (χ4v) is 1.28. The van der Waals surface area contributed by atoms with E-state index >= 15 is 0 Å². The normalized spacial score (nSPS) is 10.3. The van der Waals surface area contributed by atoms with Crippen LogP contribution < -0.4 is 0 Å². The molecule has 0 saturated carbocycles. The summed E-state index contributed by atoms with van der Waals surface area (Å²) in [6.45, 7) is 0. The van der Waals surface area contributed by atoms with E-state index < -0.39 is 0 Å². The summed E-state index contributed by atoms with van der Waals surface area (Å²) >= 11 is 11.5. The number of halogens is 2. The predicted molar refractivity (Wildman–Crippen MR) is 51.4 cm³/mol. The summed E-state index contributed by atoms with van der Waals surface area (Å²) in [5.41, 5.74) is 0.791. The molecule has 13 heavy (non-hydrogen) atoms. The Kier molecular flexibility index (Phi) is 2.20. The molecule has 0 aliphatic heterocycles. The van der Waals surface area contributed by atoms with Gasteiger partial charge in [-0.05, 0) is 18.2 Å². The minimum absolute atomic E-state index is 0.451. The smallest absolute Gasteiger partial charge is 0.132 e. The van der Waals surface area contributed by atoms with E-state index in [0.717, 1.165) is 5.69 Å². The van der Waals surface area contributed by atoms with Gasteiger partial charge in [-0.3, -0.25) is 0 Å². The van der Waals surface area contributed by atoms with Crippen molar-refractivity contribution in [3.63, 3.8) is 0 Å². The molecule has 0 aliphatic carbocycles. The zero-order chi connectivity index (χ0) is 9.26. The fraction of sp³-hybridized carbons (Fsp3) is 0. The Morgan fingerprint density at radius 2 is 2.00 bits per heavy atom. The summed E-state index contributed by atoms with van der Waals surface area (Å²) in [6, 6.07) is 5.19. The second-order valence-electron chi connectivity index (χ2n) is 2.40. The number of rotatable bonds is 1. The van der Waals surface area contributed by atoms with Crippen molar-refractivity contribution in [1.82, 2.24) is 14.8 Å². The molecule has 2 heterocycles. The molecule has 66 valence electrons. The lowest BCUT2D eigenvalue weighted by molar-refractivity contribution is 0.875. The molecule has 0 amide bonds. The van der Waals surface area contributed by atoms with Crippen LogP contribution in [-0.2, 0) is 0 Å². The number of hydrogen-bond acceptors (Lipinski definition) is 2. The maximum Gasteiger partial charge on any atom is 0.132 e. The molecule has 0 aliphatic rings. The molecule has 0 unspecified atom stereocenters. The first kappa shape index (κ1) is 8.53. The van der Waals surface area contributed by atoms with Crippen molar-refractivity contribution in [2.75, 3.05) is 0 Å². The van der Waals surface area contributed by atoms with E-state index in [1.807, 2.05) is 0 Å². The van der Waals surface area contributed by atoms with Crippen LogP contribution in [-0.4, -0.2) is 14.8 Å². The van der Waals surface area contributed by atoms with E-state index in [0.29, 0.717) is 10.3 Å².